The highest BCUT2D eigenvalue weighted by Crippen LogP contribution is 2.25. The number of hydrogen-bond acceptors (Lipinski definition) is 3. The van der Waals surface area contributed by atoms with Crippen molar-refractivity contribution in [3.05, 3.63) is 42.5 Å². The van der Waals surface area contributed by atoms with Gasteiger partial charge in [-0.15, -0.1) is 0 Å². The van der Waals surface area contributed by atoms with E-state index in [4.69, 9.17) is 0 Å². The number of rotatable bonds is 3. The zero-order chi connectivity index (χ0) is 14.9. The van der Waals surface area contributed by atoms with E-state index in [1.54, 1.807) is 12.1 Å². The summed E-state index contributed by atoms with van der Waals surface area (Å²) in [5, 5.41) is 11.2. The number of aliphatic hydroxyl groups excluding tert-OH is 1. The lowest BCUT2D eigenvalue weighted by Gasteiger charge is -2.31. The lowest BCUT2D eigenvalue weighted by Crippen LogP contribution is -2.40. The van der Waals surface area contributed by atoms with Crippen molar-refractivity contribution in [2.24, 2.45) is 5.92 Å². The van der Waals surface area contributed by atoms with E-state index in [1.807, 2.05) is 30.3 Å². The molecular formula is C16H19NO3S. The van der Waals surface area contributed by atoms with Gasteiger partial charge in [-0.1, -0.05) is 30.3 Å². The van der Waals surface area contributed by atoms with Crippen LogP contribution in [0.1, 0.15) is 12.8 Å². The quantitative estimate of drug-likeness (QED) is 0.946. The Balaban J connectivity index is 1.95. The van der Waals surface area contributed by atoms with Crippen LogP contribution in [0, 0.1) is 5.92 Å². The van der Waals surface area contributed by atoms with E-state index in [2.05, 4.69) is 0 Å². The predicted octanol–water partition coefficient (Wildman–Crippen LogP) is 2.23. The maximum Gasteiger partial charge on any atom is 0.243 e. The summed E-state index contributed by atoms with van der Waals surface area (Å²) in [6.07, 6.45) is 1.69. The van der Waals surface area contributed by atoms with Crippen LogP contribution in [0.15, 0.2) is 47.4 Å². The van der Waals surface area contributed by atoms with Gasteiger partial charge in [0, 0.05) is 19.7 Å². The van der Waals surface area contributed by atoms with Gasteiger partial charge in [0.05, 0.1) is 4.90 Å². The number of piperidine rings is 1. The van der Waals surface area contributed by atoms with E-state index < -0.39 is 10.0 Å². The fourth-order valence-electron chi connectivity index (χ4n) is 2.87. The van der Waals surface area contributed by atoms with Crippen LogP contribution in [0.4, 0.5) is 0 Å². The Morgan fingerprint density at radius 2 is 1.90 bits per heavy atom. The summed E-state index contributed by atoms with van der Waals surface area (Å²) in [7, 11) is -3.47. The molecule has 1 aliphatic rings. The number of aliphatic hydroxyl groups is 1. The van der Waals surface area contributed by atoms with Gasteiger partial charge in [0.2, 0.25) is 10.0 Å². The van der Waals surface area contributed by atoms with E-state index in [0.717, 1.165) is 23.6 Å². The Bertz CT molecular complexity index is 742. The van der Waals surface area contributed by atoms with Gasteiger partial charge in [0.25, 0.3) is 0 Å². The Morgan fingerprint density at radius 3 is 2.67 bits per heavy atom. The molecule has 0 saturated carbocycles. The van der Waals surface area contributed by atoms with E-state index in [9.17, 15) is 13.5 Å². The topological polar surface area (TPSA) is 57.6 Å². The summed E-state index contributed by atoms with van der Waals surface area (Å²) < 4.78 is 27.0. The number of benzene rings is 2. The van der Waals surface area contributed by atoms with Crippen LogP contribution < -0.4 is 0 Å². The van der Waals surface area contributed by atoms with E-state index in [0.29, 0.717) is 18.0 Å². The maximum atomic E-state index is 12.7. The highest BCUT2D eigenvalue weighted by atomic mass is 32.2. The van der Waals surface area contributed by atoms with Crippen molar-refractivity contribution in [2.45, 2.75) is 17.7 Å². The van der Waals surface area contributed by atoms with Gasteiger partial charge in [0.1, 0.15) is 0 Å². The highest BCUT2D eigenvalue weighted by Gasteiger charge is 2.29. The van der Waals surface area contributed by atoms with E-state index in [1.165, 1.54) is 4.31 Å². The lowest BCUT2D eigenvalue weighted by molar-refractivity contribution is 0.165. The first kappa shape index (κ1) is 14.5. The molecule has 0 bridgehead atoms. The van der Waals surface area contributed by atoms with E-state index in [-0.39, 0.29) is 12.5 Å². The standard InChI is InChI=1S/C16H19NO3S/c18-12-13-4-3-9-17(11-13)21(19,20)16-8-7-14-5-1-2-6-15(14)10-16/h1-2,5-8,10,13,18H,3-4,9,11-12H2. The second-order valence-electron chi connectivity index (χ2n) is 5.56. The molecule has 21 heavy (non-hydrogen) atoms. The molecule has 0 radical (unpaired) electrons. The Morgan fingerprint density at radius 1 is 1.14 bits per heavy atom. The number of fused-ring (bicyclic) bond motifs is 1. The average Bonchev–Trinajstić information content (AvgIpc) is 2.54. The zero-order valence-electron chi connectivity index (χ0n) is 11.8. The SMILES string of the molecule is O=S(=O)(c1ccc2ccccc2c1)N1CCCC(CO)C1. The molecule has 1 unspecified atom stereocenters. The van der Waals surface area contributed by atoms with Crippen molar-refractivity contribution < 1.29 is 13.5 Å². The van der Waals surface area contributed by atoms with Gasteiger partial charge >= 0.3 is 0 Å². The summed E-state index contributed by atoms with van der Waals surface area (Å²) in [6.45, 7) is 0.987. The number of hydrogen-bond donors (Lipinski definition) is 1. The van der Waals surface area contributed by atoms with Crippen LogP contribution in [-0.4, -0.2) is 37.5 Å². The summed E-state index contributed by atoms with van der Waals surface area (Å²) in [6, 6.07) is 13.0. The van der Waals surface area contributed by atoms with Gasteiger partial charge in [-0.3, -0.25) is 0 Å². The minimum absolute atomic E-state index is 0.0454. The van der Waals surface area contributed by atoms with Crippen LogP contribution in [-0.2, 0) is 10.0 Å². The average molecular weight is 305 g/mol. The summed E-state index contributed by atoms with van der Waals surface area (Å²) in [5.41, 5.74) is 0. The molecule has 0 aromatic heterocycles. The van der Waals surface area contributed by atoms with Crippen molar-refractivity contribution in [2.75, 3.05) is 19.7 Å². The molecule has 1 saturated heterocycles. The van der Waals surface area contributed by atoms with Crippen molar-refractivity contribution in [3.63, 3.8) is 0 Å². The van der Waals surface area contributed by atoms with Crippen LogP contribution in [0.25, 0.3) is 10.8 Å². The van der Waals surface area contributed by atoms with Gasteiger partial charge in [-0.05, 0) is 41.7 Å². The normalized spacial score (nSPS) is 20.7. The van der Waals surface area contributed by atoms with Crippen LogP contribution in [0.3, 0.4) is 0 Å². The number of nitrogens with zero attached hydrogens (tertiary/aromatic N) is 1. The summed E-state index contributed by atoms with van der Waals surface area (Å²) in [4.78, 5) is 0.333. The zero-order valence-corrected chi connectivity index (χ0v) is 12.6. The summed E-state index contributed by atoms with van der Waals surface area (Å²) in [5.74, 6) is 0.0500. The van der Waals surface area contributed by atoms with Crippen molar-refractivity contribution in [1.82, 2.24) is 4.31 Å². The van der Waals surface area contributed by atoms with Gasteiger partial charge in [-0.25, -0.2) is 8.42 Å². The summed E-state index contributed by atoms with van der Waals surface area (Å²) >= 11 is 0. The molecular weight excluding hydrogens is 286 g/mol. The van der Waals surface area contributed by atoms with Crippen LogP contribution >= 0.6 is 0 Å². The lowest BCUT2D eigenvalue weighted by atomic mass is 10.0. The molecule has 5 heteroatoms. The van der Waals surface area contributed by atoms with Crippen molar-refractivity contribution >= 4 is 20.8 Å². The number of sulfonamides is 1. The minimum Gasteiger partial charge on any atom is -0.396 e. The minimum atomic E-state index is -3.47. The van der Waals surface area contributed by atoms with Gasteiger partial charge in [-0.2, -0.15) is 4.31 Å². The largest absolute Gasteiger partial charge is 0.396 e. The molecule has 2 aromatic carbocycles. The smallest absolute Gasteiger partial charge is 0.243 e. The van der Waals surface area contributed by atoms with Gasteiger partial charge in [0.15, 0.2) is 0 Å². The molecule has 2 aromatic rings. The monoisotopic (exact) mass is 305 g/mol. The molecule has 112 valence electrons. The third kappa shape index (κ3) is 2.81. The molecule has 1 heterocycles. The molecule has 1 N–H and O–H groups in total. The van der Waals surface area contributed by atoms with Crippen molar-refractivity contribution in [1.29, 1.82) is 0 Å². The fourth-order valence-corrected chi connectivity index (χ4v) is 4.46. The van der Waals surface area contributed by atoms with Gasteiger partial charge < -0.3 is 5.11 Å². The molecule has 1 atom stereocenters. The predicted molar refractivity (Wildman–Crippen MR) is 82.5 cm³/mol. The van der Waals surface area contributed by atoms with E-state index >= 15 is 0 Å². The molecule has 0 spiro atoms. The molecule has 1 fully saturated rings. The molecule has 1 aliphatic heterocycles. The Hall–Kier alpha value is -1.43. The Kier molecular flexibility index (Phi) is 3.97. The molecule has 4 nitrogen and oxygen atoms in total. The first-order valence-corrected chi connectivity index (χ1v) is 8.65. The van der Waals surface area contributed by atoms with Crippen molar-refractivity contribution in [3.8, 4) is 0 Å². The molecule has 3 rings (SSSR count). The first-order chi connectivity index (χ1) is 10.1. The maximum absolute atomic E-state index is 12.7. The molecule has 0 aliphatic carbocycles. The second-order valence-corrected chi connectivity index (χ2v) is 7.50. The molecule has 0 amide bonds. The third-order valence-corrected chi connectivity index (χ3v) is 5.96. The highest BCUT2D eigenvalue weighted by molar-refractivity contribution is 7.89. The fraction of sp³-hybridized carbons (Fsp3) is 0.375. The Labute approximate surface area is 125 Å². The third-order valence-electron chi connectivity index (χ3n) is 4.10. The van der Waals surface area contributed by atoms with Crippen LogP contribution in [0.5, 0.6) is 0 Å². The second kappa shape index (κ2) is 5.75. The van der Waals surface area contributed by atoms with Crippen LogP contribution in [0.2, 0.25) is 0 Å². The first-order valence-electron chi connectivity index (χ1n) is 7.21.